The zero-order chi connectivity index (χ0) is 16.2. The molecule has 2 aromatic heterocycles. The summed E-state index contributed by atoms with van der Waals surface area (Å²) in [6, 6.07) is 4.17. The van der Waals surface area contributed by atoms with E-state index >= 15 is 0 Å². The van der Waals surface area contributed by atoms with Gasteiger partial charge >= 0.3 is 0 Å². The van der Waals surface area contributed by atoms with Crippen molar-refractivity contribution in [3.05, 3.63) is 34.0 Å². The number of pyridine rings is 1. The quantitative estimate of drug-likeness (QED) is 0.842. The van der Waals surface area contributed by atoms with E-state index < -0.39 is 0 Å². The van der Waals surface area contributed by atoms with Crippen LogP contribution in [0.25, 0.3) is 0 Å². The zero-order valence-corrected chi connectivity index (χ0v) is 14.4. The highest BCUT2D eigenvalue weighted by atomic mass is 32.2. The molecule has 118 valence electrons. The SMILES string of the molecule is Cc1csc(NC(=O)CCSc2nc3c(cc2C#N)CCC3)n1. The van der Waals surface area contributed by atoms with Crippen LogP contribution in [0.5, 0.6) is 0 Å². The third kappa shape index (κ3) is 3.89. The Morgan fingerprint density at radius 1 is 1.48 bits per heavy atom. The minimum atomic E-state index is -0.0634. The highest BCUT2D eigenvalue weighted by molar-refractivity contribution is 7.99. The van der Waals surface area contributed by atoms with Gasteiger partial charge in [-0.05, 0) is 37.8 Å². The average molecular weight is 344 g/mol. The summed E-state index contributed by atoms with van der Waals surface area (Å²) in [6.07, 6.45) is 3.47. The Labute approximate surface area is 143 Å². The van der Waals surface area contributed by atoms with E-state index in [1.165, 1.54) is 28.7 Å². The van der Waals surface area contributed by atoms with Gasteiger partial charge in [-0.25, -0.2) is 9.97 Å². The number of hydrogen-bond donors (Lipinski definition) is 1. The van der Waals surface area contributed by atoms with Gasteiger partial charge < -0.3 is 5.32 Å². The lowest BCUT2D eigenvalue weighted by molar-refractivity contribution is -0.115. The predicted molar refractivity (Wildman–Crippen MR) is 91.8 cm³/mol. The monoisotopic (exact) mass is 344 g/mol. The maximum absolute atomic E-state index is 11.9. The Hall–Kier alpha value is -1.91. The summed E-state index contributed by atoms with van der Waals surface area (Å²) < 4.78 is 0. The summed E-state index contributed by atoms with van der Waals surface area (Å²) in [5, 5.41) is 15.3. The number of thiazole rings is 1. The van der Waals surface area contributed by atoms with Crippen molar-refractivity contribution in [3.63, 3.8) is 0 Å². The predicted octanol–water partition coefficient (Wildman–Crippen LogP) is 3.33. The van der Waals surface area contributed by atoms with Crippen LogP contribution >= 0.6 is 23.1 Å². The first-order valence-electron chi connectivity index (χ1n) is 7.43. The molecule has 1 aliphatic rings. The van der Waals surface area contributed by atoms with Gasteiger partial charge in [0, 0.05) is 23.2 Å². The van der Waals surface area contributed by atoms with E-state index in [1.807, 2.05) is 18.4 Å². The first-order valence-corrected chi connectivity index (χ1v) is 9.30. The molecular weight excluding hydrogens is 328 g/mol. The van der Waals surface area contributed by atoms with E-state index in [2.05, 4.69) is 21.4 Å². The van der Waals surface area contributed by atoms with E-state index in [9.17, 15) is 10.1 Å². The highest BCUT2D eigenvalue weighted by Crippen LogP contribution is 2.28. The molecule has 5 nitrogen and oxygen atoms in total. The first kappa shape index (κ1) is 16.0. The number of nitrogens with one attached hydrogen (secondary N) is 1. The molecule has 1 amide bonds. The van der Waals surface area contributed by atoms with Gasteiger partial charge in [0.1, 0.15) is 11.1 Å². The number of nitriles is 1. The van der Waals surface area contributed by atoms with Crippen LogP contribution < -0.4 is 5.32 Å². The van der Waals surface area contributed by atoms with Gasteiger partial charge in [-0.3, -0.25) is 4.79 Å². The van der Waals surface area contributed by atoms with Crippen LogP contribution in [0.1, 0.15) is 35.4 Å². The molecule has 1 aliphatic carbocycles. The second kappa shape index (κ2) is 7.11. The van der Waals surface area contributed by atoms with Crippen molar-refractivity contribution in [2.24, 2.45) is 0 Å². The van der Waals surface area contributed by atoms with Gasteiger partial charge in [-0.1, -0.05) is 0 Å². The number of thioether (sulfide) groups is 1. The van der Waals surface area contributed by atoms with Crippen molar-refractivity contribution in [2.75, 3.05) is 11.1 Å². The van der Waals surface area contributed by atoms with Gasteiger partial charge in [0.05, 0.1) is 11.3 Å². The third-order valence-corrected chi connectivity index (χ3v) is 5.44. The van der Waals surface area contributed by atoms with Crippen molar-refractivity contribution >= 4 is 34.1 Å². The number of hydrogen-bond acceptors (Lipinski definition) is 6. The molecule has 0 fully saturated rings. The van der Waals surface area contributed by atoms with Gasteiger partial charge in [0.25, 0.3) is 0 Å². The molecule has 0 bridgehead atoms. The molecule has 0 unspecified atom stereocenters. The summed E-state index contributed by atoms with van der Waals surface area (Å²) in [4.78, 5) is 20.7. The van der Waals surface area contributed by atoms with Crippen LogP contribution in [-0.2, 0) is 17.6 Å². The molecule has 0 aromatic carbocycles. The zero-order valence-electron chi connectivity index (χ0n) is 12.8. The van der Waals surface area contributed by atoms with Crippen LogP contribution in [0.3, 0.4) is 0 Å². The average Bonchev–Trinajstić information content (AvgIpc) is 3.14. The molecule has 3 rings (SSSR count). The minimum absolute atomic E-state index is 0.0634. The number of aromatic nitrogens is 2. The molecule has 7 heteroatoms. The number of anilines is 1. The molecule has 0 saturated heterocycles. The summed E-state index contributed by atoms with van der Waals surface area (Å²) in [5.74, 6) is 0.530. The lowest BCUT2D eigenvalue weighted by Crippen LogP contribution is -2.12. The molecular formula is C16H16N4OS2. The molecule has 0 saturated carbocycles. The fourth-order valence-electron chi connectivity index (χ4n) is 2.48. The van der Waals surface area contributed by atoms with E-state index in [0.29, 0.717) is 22.9 Å². The number of aryl methyl sites for hydroxylation is 3. The summed E-state index contributed by atoms with van der Waals surface area (Å²) >= 11 is 2.89. The molecule has 2 aromatic rings. The number of nitrogens with zero attached hydrogens (tertiary/aromatic N) is 3. The highest BCUT2D eigenvalue weighted by Gasteiger charge is 2.17. The third-order valence-electron chi connectivity index (χ3n) is 3.57. The van der Waals surface area contributed by atoms with Crippen molar-refractivity contribution in [3.8, 4) is 6.07 Å². The number of amides is 1. The van der Waals surface area contributed by atoms with E-state index in [0.717, 1.165) is 35.7 Å². The summed E-state index contributed by atoms with van der Waals surface area (Å²) in [7, 11) is 0. The van der Waals surface area contributed by atoms with Gasteiger partial charge in [-0.15, -0.1) is 23.1 Å². The summed E-state index contributed by atoms with van der Waals surface area (Å²) in [5.41, 5.74) is 3.82. The number of carbonyl (C=O) groups is 1. The Morgan fingerprint density at radius 3 is 3.09 bits per heavy atom. The molecule has 0 spiro atoms. The first-order chi connectivity index (χ1) is 11.2. The fourth-order valence-corrected chi connectivity index (χ4v) is 4.10. The van der Waals surface area contributed by atoms with Crippen molar-refractivity contribution in [1.29, 1.82) is 5.26 Å². The van der Waals surface area contributed by atoms with Crippen LogP contribution in [0.4, 0.5) is 5.13 Å². The maximum Gasteiger partial charge on any atom is 0.226 e. The fraction of sp³-hybridized carbons (Fsp3) is 0.375. The second-order valence-corrected chi connectivity index (χ2v) is 7.29. The summed E-state index contributed by atoms with van der Waals surface area (Å²) in [6.45, 7) is 1.89. The van der Waals surface area contributed by atoms with Crippen molar-refractivity contribution in [1.82, 2.24) is 9.97 Å². The van der Waals surface area contributed by atoms with Gasteiger partial charge in [-0.2, -0.15) is 5.26 Å². The number of fused-ring (bicyclic) bond motifs is 1. The Morgan fingerprint density at radius 2 is 2.35 bits per heavy atom. The molecule has 0 atom stereocenters. The molecule has 0 radical (unpaired) electrons. The van der Waals surface area contributed by atoms with Crippen LogP contribution in [-0.4, -0.2) is 21.6 Å². The normalized spacial score (nSPS) is 12.7. The van der Waals surface area contributed by atoms with Crippen LogP contribution in [0.2, 0.25) is 0 Å². The topological polar surface area (TPSA) is 78.7 Å². The minimum Gasteiger partial charge on any atom is -0.302 e. The number of carbonyl (C=O) groups excluding carboxylic acids is 1. The van der Waals surface area contributed by atoms with E-state index in [1.54, 1.807) is 0 Å². The Balaban J connectivity index is 1.56. The van der Waals surface area contributed by atoms with Gasteiger partial charge in [0.15, 0.2) is 5.13 Å². The van der Waals surface area contributed by atoms with Crippen molar-refractivity contribution in [2.45, 2.75) is 37.6 Å². The molecule has 1 N–H and O–H groups in total. The van der Waals surface area contributed by atoms with Crippen LogP contribution in [0, 0.1) is 18.3 Å². The van der Waals surface area contributed by atoms with E-state index in [4.69, 9.17) is 0 Å². The van der Waals surface area contributed by atoms with E-state index in [-0.39, 0.29) is 5.91 Å². The molecule has 23 heavy (non-hydrogen) atoms. The Kier molecular flexibility index (Phi) is 4.94. The maximum atomic E-state index is 11.9. The Bertz CT molecular complexity index is 779. The lowest BCUT2D eigenvalue weighted by Gasteiger charge is -2.06. The molecule has 2 heterocycles. The smallest absolute Gasteiger partial charge is 0.226 e. The second-order valence-electron chi connectivity index (χ2n) is 5.35. The largest absolute Gasteiger partial charge is 0.302 e. The molecule has 0 aliphatic heterocycles. The lowest BCUT2D eigenvalue weighted by atomic mass is 10.2. The van der Waals surface area contributed by atoms with Crippen molar-refractivity contribution < 1.29 is 4.79 Å². The standard InChI is InChI=1S/C16H16N4OS2/c1-10-9-23-16(18-10)20-14(21)5-6-22-15-12(8-17)7-11-3-2-4-13(11)19-15/h7,9H,2-6H2,1H3,(H,18,20,21). The number of rotatable bonds is 5. The van der Waals surface area contributed by atoms with Gasteiger partial charge in [0.2, 0.25) is 5.91 Å². The van der Waals surface area contributed by atoms with Crippen LogP contribution in [0.15, 0.2) is 16.5 Å².